The Hall–Kier alpha value is -3.78. The number of ketones is 1. The molecule has 168 valence electrons. The summed E-state index contributed by atoms with van der Waals surface area (Å²) in [5, 5.41) is 0.446. The van der Waals surface area contributed by atoms with Crippen molar-refractivity contribution >= 4 is 38.4 Å². The van der Waals surface area contributed by atoms with E-state index in [4.69, 9.17) is 4.42 Å². The van der Waals surface area contributed by atoms with E-state index in [1.54, 1.807) is 39.0 Å². The Bertz CT molecular complexity index is 1500. The first kappa shape index (κ1) is 22.4. The van der Waals surface area contributed by atoms with Crippen molar-refractivity contribution in [2.45, 2.75) is 32.6 Å². The highest BCUT2D eigenvalue weighted by molar-refractivity contribution is 7.93. The van der Waals surface area contributed by atoms with E-state index in [1.807, 2.05) is 6.07 Å². The number of carbonyl (C=O) groups excluding carboxylic acids is 2. The number of nitrogens with zero attached hydrogens (tertiary/aromatic N) is 2. The third-order valence-electron chi connectivity index (χ3n) is 5.41. The zero-order valence-corrected chi connectivity index (χ0v) is 19.4. The van der Waals surface area contributed by atoms with Gasteiger partial charge in [-0.15, -0.1) is 0 Å². The van der Waals surface area contributed by atoms with Crippen LogP contribution < -0.4 is 4.31 Å². The van der Waals surface area contributed by atoms with Crippen LogP contribution >= 0.6 is 0 Å². The minimum atomic E-state index is -4.30. The van der Waals surface area contributed by atoms with Crippen molar-refractivity contribution in [3.05, 3.63) is 88.9 Å². The summed E-state index contributed by atoms with van der Waals surface area (Å²) >= 11 is 0. The number of aryl methyl sites for hydroxylation is 3. The Morgan fingerprint density at radius 1 is 0.939 bits per heavy atom. The Morgan fingerprint density at radius 2 is 1.64 bits per heavy atom. The first-order valence-electron chi connectivity index (χ1n) is 10.2. The maximum Gasteiger partial charge on any atom is 0.272 e. The molecule has 0 aliphatic carbocycles. The fourth-order valence-corrected chi connectivity index (χ4v) is 5.55. The number of rotatable bonds is 5. The van der Waals surface area contributed by atoms with Crippen molar-refractivity contribution in [3.63, 3.8) is 0 Å². The van der Waals surface area contributed by atoms with Gasteiger partial charge in [0.25, 0.3) is 15.9 Å². The van der Waals surface area contributed by atoms with E-state index in [-0.39, 0.29) is 21.9 Å². The van der Waals surface area contributed by atoms with E-state index in [9.17, 15) is 18.0 Å². The lowest BCUT2D eigenvalue weighted by Crippen LogP contribution is -2.37. The summed E-state index contributed by atoms with van der Waals surface area (Å²) in [6, 6.07) is 12.5. The molecular weight excluding hydrogens is 440 g/mol. The smallest absolute Gasteiger partial charge is 0.272 e. The summed E-state index contributed by atoms with van der Waals surface area (Å²) in [5.74, 6) is -0.519. The van der Waals surface area contributed by atoms with Gasteiger partial charge in [0.15, 0.2) is 5.78 Å². The van der Waals surface area contributed by atoms with Crippen molar-refractivity contribution in [1.29, 1.82) is 0 Å². The Labute approximate surface area is 191 Å². The predicted octanol–water partition coefficient (Wildman–Crippen LogP) is 4.99. The quantitative estimate of drug-likeness (QED) is 0.388. The number of fused-ring (bicyclic) bond motifs is 1. The lowest BCUT2D eigenvalue weighted by molar-refractivity contribution is 0.1000. The van der Waals surface area contributed by atoms with Crippen molar-refractivity contribution in [2.24, 2.45) is 0 Å². The molecular formula is C25H22N2O5S. The third-order valence-corrected chi connectivity index (χ3v) is 7.26. The zero-order chi connectivity index (χ0) is 23.9. The van der Waals surface area contributed by atoms with Gasteiger partial charge in [-0.1, -0.05) is 12.1 Å². The van der Waals surface area contributed by atoms with Crippen molar-refractivity contribution in [1.82, 2.24) is 4.98 Å². The summed E-state index contributed by atoms with van der Waals surface area (Å²) in [7, 11) is -4.30. The van der Waals surface area contributed by atoms with Gasteiger partial charge < -0.3 is 4.42 Å². The van der Waals surface area contributed by atoms with Crippen molar-refractivity contribution in [3.8, 4) is 0 Å². The molecule has 1 amide bonds. The Morgan fingerprint density at radius 3 is 2.30 bits per heavy atom. The van der Waals surface area contributed by atoms with Crippen LogP contribution in [0.15, 0.2) is 70.2 Å². The molecule has 0 atom stereocenters. The van der Waals surface area contributed by atoms with Gasteiger partial charge in [-0.2, -0.15) is 4.31 Å². The molecule has 0 N–H and O–H groups in total. The normalized spacial score (nSPS) is 11.5. The van der Waals surface area contributed by atoms with Crippen LogP contribution in [0.25, 0.3) is 11.0 Å². The number of furan rings is 1. The molecule has 0 fully saturated rings. The first-order valence-corrected chi connectivity index (χ1v) is 11.7. The van der Waals surface area contributed by atoms with Gasteiger partial charge in [0.2, 0.25) is 0 Å². The number of amides is 1. The van der Waals surface area contributed by atoms with Crippen LogP contribution in [0.2, 0.25) is 0 Å². The van der Waals surface area contributed by atoms with Crippen LogP contribution in [0.4, 0.5) is 5.69 Å². The second-order valence-corrected chi connectivity index (χ2v) is 9.60. The average molecular weight is 463 g/mol. The molecule has 0 radical (unpaired) electrons. The number of benzene rings is 2. The van der Waals surface area contributed by atoms with Gasteiger partial charge in [0.05, 0.1) is 16.1 Å². The van der Waals surface area contributed by atoms with Gasteiger partial charge in [0.1, 0.15) is 11.3 Å². The van der Waals surface area contributed by atoms with Crippen LogP contribution in [0.5, 0.6) is 0 Å². The fourth-order valence-electron chi connectivity index (χ4n) is 3.83. The fraction of sp³-hybridized carbons (Fsp3) is 0.160. The minimum absolute atomic E-state index is 0.0279. The molecule has 7 nitrogen and oxygen atoms in total. The molecule has 4 aromatic rings. The third kappa shape index (κ3) is 3.93. The van der Waals surface area contributed by atoms with Crippen LogP contribution in [-0.2, 0) is 10.0 Å². The summed E-state index contributed by atoms with van der Waals surface area (Å²) in [4.78, 5) is 29.7. The van der Waals surface area contributed by atoms with Gasteiger partial charge in [-0.25, -0.2) is 8.42 Å². The number of aromatic nitrogens is 1. The number of anilines is 1. The number of Topliss-reactive ketones (excluding diaryl/α,β-unsaturated/α-hetero) is 1. The molecule has 4 rings (SSSR count). The largest absolute Gasteiger partial charge is 0.461 e. The van der Waals surface area contributed by atoms with Gasteiger partial charge >= 0.3 is 0 Å². The molecule has 0 saturated carbocycles. The summed E-state index contributed by atoms with van der Waals surface area (Å²) in [6.45, 7) is 6.55. The lowest BCUT2D eigenvalue weighted by Gasteiger charge is -2.24. The van der Waals surface area contributed by atoms with E-state index < -0.39 is 15.9 Å². The highest BCUT2D eigenvalue weighted by Gasteiger charge is 2.33. The van der Waals surface area contributed by atoms with E-state index in [0.717, 1.165) is 9.87 Å². The lowest BCUT2D eigenvalue weighted by atomic mass is 10.1. The Balaban J connectivity index is 1.99. The molecule has 0 saturated heterocycles. The van der Waals surface area contributed by atoms with Crippen LogP contribution in [0.3, 0.4) is 0 Å². The minimum Gasteiger partial charge on any atom is -0.461 e. The summed E-state index contributed by atoms with van der Waals surface area (Å²) in [5.41, 5.74) is 2.31. The highest BCUT2D eigenvalue weighted by Crippen LogP contribution is 2.34. The molecule has 8 heteroatoms. The van der Waals surface area contributed by atoms with Gasteiger partial charge in [0, 0.05) is 23.3 Å². The topological polar surface area (TPSA) is 97.6 Å². The second-order valence-electron chi connectivity index (χ2n) is 7.85. The van der Waals surface area contributed by atoms with E-state index >= 15 is 0 Å². The number of carbonyl (C=O) groups is 2. The number of hydrogen-bond donors (Lipinski definition) is 0. The van der Waals surface area contributed by atoms with Gasteiger partial charge in [-0.3, -0.25) is 14.6 Å². The van der Waals surface area contributed by atoms with Crippen LogP contribution in [-0.4, -0.2) is 25.1 Å². The molecule has 0 unspecified atom stereocenters. The van der Waals surface area contributed by atoms with E-state index in [0.29, 0.717) is 27.9 Å². The molecule has 0 spiro atoms. The first-order chi connectivity index (χ1) is 15.6. The summed E-state index contributed by atoms with van der Waals surface area (Å²) in [6.07, 6.45) is 2.85. The van der Waals surface area contributed by atoms with E-state index in [2.05, 4.69) is 4.98 Å². The summed E-state index contributed by atoms with van der Waals surface area (Å²) < 4.78 is 34.2. The molecule has 2 aromatic carbocycles. The standard InChI is InChI=1S/C25H22N2O5S/c1-15-5-6-16(2)23(13-15)33(30,31)27(25(29)19-9-11-26-12-10-19)20-7-8-22-21(14-20)24(17(3)28)18(4)32-22/h5-14H,1-4H3. The van der Waals surface area contributed by atoms with Crippen LogP contribution in [0.1, 0.15) is 44.5 Å². The zero-order valence-electron chi connectivity index (χ0n) is 18.6. The van der Waals surface area contributed by atoms with E-state index in [1.165, 1.54) is 43.6 Å². The van der Waals surface area contributed by atoms with Gasteiger partial charge in [-0.05, 0) is 75.2 Å². The predicted molar refractivity (Wildman–Crippen MR) is 125 cm³/mol. The molecule has 0 aliphatic heterocycles. The monoisotopic (exact) mass is 462 g/mol. The number of pyridine rings is 1. The molecule has 0 aliphatic rings. The maximum absolute atomic E-state index is 13.9. The Kier molecular flexibility index (Phi) is 5.63. The molecule has 2 heterocycles. The molecule has 33 heavy (non-hydrogen) atoms. The number of sulfonamides is 1. The van der Waals surface area contributed by atoms with Crippen molar-refractivity contribution < 1.29 is 22.4 Å². The molecule has 2 aromatic heterocycles. The molecule has 0 bridgehead atoms. The number of hydrogen-bond acceptors (Lipinski definition) is 6. The van der Waals surface area contributed by atoms with Crippen LogP contribution in [0, 0.1) is 20.8 Å². The maximum atomic E-state index is 13.9. The SMILES string of the molecule is CC(=O)c1c(C)oc2ccc(N(C(=O)c3ccncc3)S(=O)(=O)c3cc(C)ccc3C)cc12. The average Bonchev–Trinajstić information content (AvgIpc) is 3.11. The second kappa shape index (κ2) is 8.29. The highest BCUT2D eigenvalue weighted by atomic mass is 32.2. The van der Waals surface area contributed by atoms with Crippen molar-refractivity contribution in [2.75, 3.05) is 4.31 Å².